The summed E-state index contributed by atoms with van der Waals surface area (Å²) in [5.74, 6) is 0. The molecule has 0 spiro atoms. The largest absolute Gasteiger partial charge is 0.0928 e. The molecule has 0 aliphatic carbocycles. The van der Waals surface area contributed by atoms with E-state index >= 15 is 0 Å². The first kappa shape index (κ1) is 12.2. The minimum Gasteiger partial charge on any atom is -0.0928 e. The summed E-state index contributed by atoms with van der Waals surface area (Å²) in [5, 5.41) is 1.17. The van der Waals surface area contributed by atoms with Gasteiger partial charge < -0.3 is 0 Å². The number of hydrogen-bond donors (Lipinski definition) is 0. The van der Waals surface area contributed by atoms with Gasteiger partial charge in [-0.2, -0.15) is 0 Å². The molecule has 72 valence electrons. The van der Waals surface area contributed by atoms with Crippen LogP contribution in [0.3, 0.4) is 0 Å². The third kappa shape index (κ3) is 10.2. The fourth-order valence-corrected chi connectivity index (χ4v) is 1.63. The molecule has 0 rings (SSSR count). The maximum Gasteiger partial charge on any atom is 0.00313 e. The predicted molar refractivity (Wildman–Crippen MR) is 60.9 cm³/mol. The topological polar surface area (TPSA) is 0 Å². The van der Waals surface area contributed by atoms with Crippen molar-refractivity contribution in [3.05, 3.63) is 12.2 Å². The number of alkyl halides is 1. The van der Waals surface area contributed by atoms with Crippen LogP contribution in [0.1, 0.15) is 51.9 Å². The molecular weight excluding hydrogens is 212 g/mol. The van der Waals surface area contributed by atoms with Gasteiger partial charge >= 0.3 is 0 Å². The van der Waals surface area contributed by atoms with E-state index in [0.29, 0.717) is 0 Å². The molecule has 0 fully saturated rings. The Balaban J connectivity index is 2.81. The molecule has 0 bridgehead atoms. The zero-order chi connectivity index (χ0) is 9.07. The molecule has 0 saturated heterocycles. The first-order chi connectivity index (χ1) is 5.91. The monoisotopic (exact) mass is 232 g/mol. The first-order valence-electron chi connectivity index (χ1n) is 5.09. The lowest BCUT2D eigenvalue weighted by Crippen LogP contribution is -1.79. The molecule has 0 unspecified atom stereocenters. The van der Waals surface area contributed by atoms with Crippen molar-refractivity contribution in [2.45, 2.75) is 51.9 Å². The molecule has 0 aromatic heterocycles. The van der Waals surface area contributed by atoms with Gasteiger partial charge in [0.05, 0.1) is 0 Å². The Morgan fingerprint density at radius 1 is 0.917 bits per heavy atom. The van der Waals surface area contributed by atoms with Crippen molar-refractivity contribution in [3.8, 4) is 0 Å². The fourth-order valence-electron chi connectivity index (χ4n) is 1.23. The highest BCUT2D eigenvalue weighted by atomic mass is 79.9. The SMILES string of the molecule is C/C=C/CCCCCCCCBr. The van der Waals surface area contributed by atoms with Crippen molar-refractivity contribution in [1.29, 1.82) is 0 Å². The number of rotatable bonds is 8. The summed E-state index contributed by atoms with van der Waals surface area (Å²) in [5.41, 5.74) is 0. The average Bonchev–Trinajstić information content (AvgIpc) is 2.10. The van der Waals surface area contributed by atoms with E-state index < -0.39 is 0 Å². The predicted octanol–water partition coefficient (Wildman–Crippen LogP) is 4.69. The Morgan fingerprint density at radius 2 is 1.50 bits per heavy atom. The van der Waals surface area contributed by atoms with Crippen LogP contribution in [0, 0.1) is 0 Å². The smallest absolute Gasteiger partial charge is 0.00313 e. The summed E-state index contributed by atoms with van der Waals surface area (Å²) in [6, 6.07) is 0. The second-order valence-corrected chi connectivity index (χ2v) is 3.96. The lowest BCUT2D eigenvalue weighted by atomic mass is 10.1. The molecule has 0 aliphatic heterocycles. The molecule has 0 aliphatic rings. The van der Waals surface area contributed by atoms with Crippen LogP contribution < -0.4 is 0 Å². The van der Waals surface area contributed by atoms with E-state index in [9.17, 15) is 0 Å². The van der Waals surface area contributed by atoms with Crippen molar-refractivity contribution in [2.24, 2.45) is 0 Å². The van der Waals surface area contributed by atoms with Gasteiger partial charge in [0.2, 0.25) is 0 Å². The second-order valence-electron chi connectivity index (χ2n) is 3.17. The number of allylic oxidation sites excluding steroid dienone is 2. The Labute approximate surface area is 85.6 Å². The van der Waals surface area contributed by atoms with Crippen molar-refractivity contribution >= 4 is 15.9 Å². The molecule has 1 heteroatoms. The summed E-state index contributed by atoms with van der Waals surface area (Å²) in [6.07, 6.45) is 14.0. The molecule has 0 radical (unpaired) electrons. The molecule has 12 heavy (non-hydrogen) atoms. The molecular formula is C11H21Br. The molecule has 0 nitrogen and oxygen atoms in total. The second kappa shape index (κ2) is 11.2. The highest BCUT2D eigenvalue weighted by Crippen LogP contribution is 2.08. The maximum absolute atomic E-state index is 3.44. The third-order valence-corrected chi connectivity index (χ3v) is 2.55. The van der Waals surface area contributed by atoms with Crippen LogP contribution >= 0.6 is 15.9 Å². The minimum absolute atomic E-state index is 1.17. The van der Waals surface area contributed by atoms with Gasteiger partial charge in [0.1, 0.15) is 0 Å². The first-order valence-corrected chi connectivity index (χ1v) is 6.21. The highest BCUT2D eigenvalue weighted by Gasteiger charge is 1.88. The Morgan fingerprint density at radius 3 is 2.08 bits per heavy atom. The Hall–Kier alpha value is 0.220. The Bertz CT molecular complexity index is 97.2. The summed E-state index contributed by atoms with van der Waals surface area (Å²) in [4.78, 5) is 0. The van der Waals surface area contributed by atoms with Crippen molar-refractivity contribution in [1.82, 2.24) is 0 Å². The van der Waals surface area contributed by atoms with E-state index in [1.165, 1.54) is 50.3 Å². The van der Waals surface area contributed by atoms with Crippen molar-refractivity contribution in [3.63, 3.8) is 0 Å². The fraction of sp³-hybridized carbons (Fsp3) is 0.818. The number of hydrogen-bond acceptors (Lipinski definition) is 0. The van der Waals surface area contributed by atoms with Gasteiger partial charge in [-0.3, -0.25) is 0 Å². The van der Waals surface area contributed by atoms with Gasteiger partial charge in [0.15, 0.2) is 0 Å². The molecule has 0 amide bonds. The summed E-state index contributed by atoms with van der Waals surface area (Å²) >= 11 is 3.44. The van der Waals surface area contributed by atoms with Crippen LogP contribution in [-0.4, -0.2) is 5.33 Å². The lowest BCUT2D eigenvalue weighted by molar-refractivity contribution is 0.614. The lowest BCUT2D eigenvalue weighted by Gasteiger charge is -1.98. The molecule has 0 heterocycles. The van der Waals surface area contributed by atoms with Gasteiger partial charge in [-0.1, -0.05) is 53.8 Å². The minimum atomic E-state index is 1.17. The highest BCUT2D eigenvalue weighted by molar-refractivity contribution is 9.09. The van der Waals surface area contributed by atoms with Crippen LogP contribution in [-0.2, 0) is 0 Å². The summed E-state index contributed by atoms with van der Waals surface area (Å²) < 4.78 is 0. The van der Waals surface area contributed by atoms with E-state index in [4.69, 9.17) is 0 Å². The zero-order valence-electron chi connectivity index (χ0n) is 8.19. The number of halogens is 1. The summed E-state index contributed by atoms with van der Waals surface area (Å²) in [7, 11) is 0. The zero-order valence-corrected chi connectivity index (χ0v) is 9.78. The molecule has 0 atom stereocenters. The van der Waals surface area contributed by atoms with Gasteiger partial charge in [0.25, 0.3) is 0 Å². The van der Waals surface area contributed by atoms with E-state index in [-0.39, 0.29) is 0 Å². The normalized spacial score (nSPS) is 11.2. The van der Waals surface area contributed by atoms with Crippen molar-refractivity contribution < 1.29 is 0 Å². The van der Waals surface area contributed by atoms with Gasteiger partial charge in [-0.15, -0.1) is 0 Å². The average molecular weight is 233 g/mol. The molecule has 0 aromatic rings. The molecule has 0 saturated carbocycles. The maximum atomic E-state index is 3.44. The van der Waals surface area contributed by atoms with Crippen molar-refractivity contribution in [2.75, 3.05) is 5.33 Å². The Kier molecular flexibility index (Phi) is 11.4. The van der Waals surface area contributed by atoms with Crippen LogP contribution in [0.25, 0.3) is 0 Å². The third-order valence-electron chi connectivity index (χ3n) is 1.99. The standard InChI is InChI=1S/C11H21Br/c1-2-3-4-5-6-7-8-9-10-11-12/h2-3H,4-11H2,1H3/b3-2+. The molecule has 0 aromatic carbocycles. The van der Waals surface area contributed by atoms with Gasteiger partial charge in [-0.25, -0.2) is 0 Å². The van der Waals surface area contributed by atoms with E-state index in [2.05, 4.69) is 35.0 Å². The van der Waals surface area contributed by atoms with Crippen LogP contribution in [0.2, 0.25) is 0 Å². The number of unbranched alkanes of at least 4 members (excludes halogenated alkanes) is 6. The molecule has 0 N–H and O–H groups in total. The summed E-state index contributed by atoms with van der Waals surface area (Å²) in [6.45, 7) is 2.09. The van der Waals surface area contributed by atoms with Crippen LogP contribution in [0.5, 0.6) is 0 Å². The van der Waals surface area contributed by atoms with Gasteiger partial charge in [-0.05, 0) is 26.2 Å². The van der Waals surface area contributed by atoms with E-state index in [1.807, 2.05) is 0 Å². The van der Waals surface area contributed by atoms with E-state index in [1.54, 1.807) is 0 Å². The quantitative estimate of drug-likeness (QED) is 0.324. The van der Waals surface area contributed by atoms with Crippen LogP contribution in [0.15, 0.2) is 12.2 Å². The van der Waals surface area contributed by atoms with Gasteiger partial charge in [0, 0.05) is 5.33 Å². The van der Waals surface area contributed by atoms with E-state index in [0.717, 1.165) is 0 Å². The van der Waals surface area contributed by atoms with Crippen LogP contribution in [0.4, 0.5) is 0 Å².